The number of piperidine rings is 1. The molecule has 1 aromatic heterocycles. The Balaban J connectivity index is 1.87. The molecule has 1 aliphatic heterocycles. The minimum absolute atomic E-state index is 0.101. The lowest BCUT2D eigenvalue weighted by Gasteiger charge is -2.26. The molecule has 3 rings (SSSR count). The first-order valence-corrected chi connectivity index (χ1v) is 10.9. The average Bonchev–Trinajstić information content (AvgIpc) is 3.10. The third-order valence-corrected chi connectivity index (χ3v) is 7.15. The predicted molar refractivity (Wildman–Crippen MR) is 105 cm³/mol. The number of aryl methyl sites for hydroxylation is 1. The van der Waals surface area contributed by atoms with Crippen molar-refractivity contribution in [1.29, 1.82) is 5.26 Å². The fraction of sp³-hybridized carbons (Fsp3) is 0.333. The second-order valence-electron chi connectivity index (χ2n) is 6.25. The average molecular weight is 405 g/mol. The molecule has 1 saturated heterocycles. The van der Waals surface area contributed by atoms with Gasteiger partial charge in [0.1, 0.15) is 22.4 Å². The van der Waals surface area contributed by atoms with Gasteiger partial charge in [-0.25, -0.2) is 13.4 Å². The zero-order valence-corrected chi connectivity index (χ0v) is 16.5. The van der Waals surface area contributed by atoms with E-state index in [0.29, 0.717) is 23.7 Å². The summed E-state index contributed by atoms with van der Waals surface area (Å²) in [6.45, 7) is 2.85. The minimum atomic E-state index is -3.61. The van der Waals surface area contributed by atoms with Gasteiger partial charge in [-0.2, -0.15) is 9.57 Å². The number of phenols is 1. The van der Waals surface area contributed by atoms with Crippen molar-refractivity contribution in [2.24, 2.45) is 0 Å². The Morgan fingerprint density at radius 2 is 2.11 bits per heavy atom. The van der Waals surface area contributed by atoms with E-state index in [0.717, 1.165) is 25.0 Å². The van der Waals surface area contributed by atoms with Crippen LogP contribution in [0.15, 0.2) is 34.7 Å². The normalized spacial score (nSPS) is 16.1. The SMILES string of the molecule is Cc1csc(/C(C#N)=C/Nc2cc(S(=O)(=O)N3CCCCC3)ccc2O)n1. The molecule has 7 nitrogen and oxygen atoms in total. The van der Waals surface area contributed by atoms with Crippen LogP contribution in [-0.2, 0) is 10.0 Å². The summed E-state index contributed by atoms with van der Waals surface area (Å²) in [5, 5.41) is 24.6. The Morgan fingerprint density at radius 3 is 2.74 bits per heavy atom. The Bertz CT molecular complexity index is 1000. The van der Waals surface area contributed by atoms with Crippen LogP contribution >= 0.6 is 11.3 Å². The van der Waals surface area contributed by atoms with E-state index in [1.54, 1.807) is 0 Å². The standard InChI is InChI=1S/C18H20N4O3S2/c1-13-12-26-18(21-13)14(10-19)11-20-16-9-15(5-6-17(16)23)27(24,25)22-7-3-2-4-8-22/h5-6,9,11-12,20,23H,2-4,7-8H2,1H3/b14-11+. The molecule has 2 aromatic rings. The van der Waals surface area contributed by atoms with Crippen molar-refractivity contribution in [3.05, 3.63) is 40.5 Å². The monoisotopic (exact) mass is 404 g/mol. The van der Waals surface area contributed by atoms with E-state index in [1.165, 1.54) is 40.0 Å². The van der Waals surface area contributed by atoms with Crippen molar-refractivity contribution in [2.75, 3.05) is 18.4 Å². The summed E-state index contributed by atoms with van der Waals surface area (Å²) >= 11 is 1.34. The molecular formula is C18H20N4O3S2. The molecule has 1 fully saturated rings. The highest BCUT2D eigenvalue weighted by Crippen LogP contribution is 2.30. The van der Waals surface area contributed by atoms with Crippen LogP contribution in [0.2, 0.25) is 0 Å². The van der Waals surface area contributed by atoms with Crippen LogP contribution in [0.3, 0.4) is 0 Å². The van der Waals surface area contributed by atoms with E-state index in [4.69, 9.17) is 0 Å². The number of thiazole rings is 1. The smallest absolute Gasteiger partial charge is 0.243 e. The third kappa shape index (κ3) is 4.30. The summed E-state index contributed by atoms with van der Waals surface area (Å²) in [4.78, 5) is 4.37. The van der Waals surface area contributed by atoms with Gasteiger partial charge in [0, 0.05) is 30.4 Å². The van der Waals surface area contributed by atoms with Gasteiger partial charge in [-0.3, -0.25) is 0 Å². The van der Waals surface area contributed by atoms with Crippen molar-refractivity contribution >= 4 is 32.6 Å². The first-order valence-electron chi connectivity index (χ1n) is 8.54. The lowest BCUT2D eigenvalue weighted by Crippen LogP contribution is -2.35. The topological polar surface area (TPSA) is 106 Å². The molecule has 0 aliphatic carbocycles. The van der Waals surface area contributed by atoms with Gasteiger partial charge in [-0.1, -0.05) is 6.42 Å². The van der Waals surface area contributed by atoms with E-state index in [-0.39, 0.29) is 16.3 Å². The zero-order valence-electron chi connectivity index (χ0n) is 14.8. The van der Waals surface area contributed by atoms with Crippen LogP contribution in [0.25, 0.3) is 5.57 Å². The van der Waals surface area contributed by atoms with Crippen molar-refractivity contribution in [2.45, 2.75) is 31.1 Å². The maximum absolute atomic E-state index is 12.8. The number of hydrogen-bond acceptors (Lipinski definition) is 7. The highest BCUT2D eigenvalue weighted by molar-refractivity contribution is 7.89. The lowest BCUT2D eigenvalue weighted by molar-refractivity contribution is 0.346. The van der Waals surface area contributed by atoms with Crippen LogP contribution < -0.4 is 5.32 Å². The van der Waals surface area contributed by atoms with Crippen LogP contribution in [0, 0.1) is 18.3 Å². The maximum Gasteiger partial charge on any atom is 0.243 e. The summed E-state index contributed by atoms with van der Waals surface area (Å²) in [5.41, 5.74) is 1.33. The molecule has 0 unspecified atom stereocenters. The minimum Gasteiger partial charge on any atom is -0.506 e. The number of allylic oxidation sites excluding steroid dienone is 1. The quantitative estimate of drug-likeness (QED) is 0.585. The number of nitrogens with one attached hydrogen (secondary N) is 1. The highest BCUT2D eigenvalue weighted by atomic mass is 32.2. The molecule has 0 amide bonds. The molecule has 142 valence electrons. The number of phenolic OH excluding ortho intramolecular Hbond substituents is 1. The summed E-state index contributed by atoms with van der Waals surface area (Å²) < 4.78 is 27.1. The summed E-state index contributed by atoms with van der Waals surface area (Å²) in [7, 11) is -3.61. The first kappa shape index (κ1) is 19.4. The number of rotatable bonds is 5. The molecule has 0 atom stereocenters. The molecule has 1 aliphatic rings. The number of anilines is 1. The van der Waals surface area contributed by atoms with Crippen molar-refractivity contribution in [3.63, 3.8) is 0 Å². The van der Waals surface area contributed by atoms with E-state index < -0.39 is 10.0 Å². The molecule has 0 radical (unpaired) electrons. The lowest BCUT2D eigenvalue weighted by atomic mass is 10.2. The maximum atomic E-state index is 12.8. The molecule has 2 N–H and O–H groups in total. The van der Waals surface area contributed by atoms with Crippen molar-refractivity contribution in [1.82, 2.24) is 9.29 Å². The molecule has 1 aromatic carbocycles. The van der Waals surface area contributed by atoms with Crippen LogP contribution in [0.4, 0.5) is 5.69 Å². The number of aromatic nitrogens is 1. The predicted octanol–water partition coefficient (Wildman–Crippen LogP) is 3.31. The number of hydrogen-bond donors (Lipinski definition) is 2. The van der Waals surface area contributed by atoms with Gasteiger partial charge in [0.05, 0.1) is 10.6 Å². The van der Waals surface area contributed by atoms with Gasteiger partial charge in [-0.05, 0) is 38.0 Å². The van der Waals surface area contributed by atoms with E-state index in [2.05, 4.69) is 16.4 Å². The summed E-state index contributed by atoms with van der Waals surface area (Å²) in [5.74, 6) is -0.101. The van der Waals surface area contributed by atoms with Gasteiger partial charge in [0.15, 0.2) is 0 Å². The van der Waals surface area contributed by atoms with Crippen molar-refractivity contribution in [3.8, 4) is 11.8 Å². The summed E-state index contributed by atoms with van der Waals surface area (Å²) in [6.07, 6.45) is 4.16. The Hall–Kier alpha value is -2.41. The fourth-order valence-electron chi connectivity index (χ4n) is 2.81. The van der Waals surface area contributed by atoms with Crippen LogP contribution in [0.5, 0.6) is 5.75 Å². The third-order valence-electron chi connectivity index (χ3n) is 4.26. The molecule has 0 saturated carbocycles. The van der Waals surface area contributed by atoms with Crippen molar-refractivity contribution < 1.29 is 13.5 Å². The molecule has 0 bridgehead atoms. The second-order valence-corrected chi connectivity index (χ2v) is 9.05. The number of aromatic hydroxyl groups is 1. The Morgan fingerprint density at radius 1 is 1.37 bits per heavy atom. The molecule has 27 heavy (non-hydrogen) atoms. The Kier molecular flexibility index (Phi) is 5.79. The number of nitriles is 1. The second kappa shape index (κ2) is 8.08. The Labute approximate surface area is 162 Å². The highest BCUT2D eigenvalue weighted by Gasteiger charge is 2.26. The molecule has 9 heteroatoms. The summed E-state index contributed by atoms with van der Waals surface area (Å²) in [6, 6.07) is 6.18. The number of sulfonamides is 1. The van der Waals surface area contributed by atoms with E-state index in [9.17, 15) is 18.8 Å². The van der Waals surface area contributed by atoms with Gasteiger partial charge in [0.2, 0.25) is 10.0 Å². The van der Waals surface area contributed by atoms with Gasteiger partial charge < -0.3 is 10.4 Å². The number of nitrogens with zero attached hydrogens (tertiary/aromatic N) is 3. The van der Waals surface area contributed by atoms with Gasteiger partial charge >= 0.3 is 0 Å². The first-order chi connectivity index (χ1) is 12.9. The largest absolute Gasteiger partial charge is 0.506 e. The van der Waals surface area contributed by atoms with Crippen LogP contribution in [0.1, 0.15) is 30.0 Å². The molecule has 2 heterocycles. The molecule has 0 spiro atoms. The van der Waals surface area contributed by atoms with E-state index >= 15 is 0 Å². The van der Waals surface area contributed by atoms with Gasteiger partial charge in [-0.15, -0.1) is 11.3 Å². The zero-order chi connectivity index (χ0) is 19.4. The van der Waals surface area contributed by atoms with E-state index in [1.807, 2.05) is 12.3 Å². The van der Waals surface area contributed by atoms with Crippen LogP contribution in [-0.4, -0.2) is 35.9 Å². The number of benzene rings is 1. The fourth-order valence-corrected chi connectivity index (χ4v) is 5.12. The molecular weight excluding hydrogens is 384 g/mol. The van der Waals surface area contributed by atoms with Gasteiger partial charge in [0.25, 0.3) is 0 Å².